The van der Waals surface area contributed by atoms with Crippen LogP contribution < -0.4 is 15.5 Å². The van der Waals surface area contributed by atoms with E-state index in [-0.39, 0.29) is 34.7 Å². The summed E-state index contributed by atoms with van der Waals surface area (Å²) in [5.74, 6) is -1.63. The molecule has 3 rings (SSSR count). The van der Waals surface area contributed by atoms with Crippen molar-refractivity contribution in [1.29, 1.82) is 0 Å². The lowest BCUT2D eigenvalue weighted by Gasteiger charge is -2.19. The Bertz CT molecular complexity index is 1440. The van der Waals surface area contributed by atoms with Gasteiger partial charge in [-0.25, -0.2) is 18.9 Å². The first kappa shape index (κ1) is 34.3. The summed E-state index contributed by atoms with van der Waals surface area (Å²) in [5.41, 5.74) is 1.94. The third-order valence-electron chi connectivity index (χ3n) is 7.49. The number of nitrogens with one attached hydrogen (secondary N) is 3. The van der Waals surface area contributed by atoms with Gasteiger partial charge in [-0.3, -0.25) is 9.59 Å². The van der Waals surface area contributed by atoms with E-state index in [0.29, 0.717) is 59.9 Å². The molecule has 4 amide bonds. The number of likely N-dealkylation sites (N-methyl/N-ethyl adjacent to an activating group) is 1. The predicted octanol–water partition coefficient (Wildman–Crippen LogP) is 5.25. The van der Waals surface area contributed by atoms with Crippen molar-refractivity contribution in [2.24, 2.45) is 0 Å². The van der Waals surface area contributed by atoms with Gasteiger partial charge in [-0.1, -0.05) is 13.8 Å². The molecule has 0 fully saturated rings. The van der Waals surface area contributed by atoms with Gasteiger partial charge >= 0.3 is 12.2 Å². The maximum Gasteiger partial charge on any atom is 0.419 e. The van der Waals surface area contributed by atoms with E-state index in [0.717, 1.165) is 19.2 Å². The highest BCUT2D eigenvalue weighted by Crippen LogP contribution is 2.42. The highest BCUT2D eigenvalue weighted by molar-refractivity contribution is 6.41. The van der Waals surface area contributed by atoms with Crippen LogP contribution in [0.1, 0.15) is 85.9 Å². The smallest absolute Gasteiger partial charge is 0.419 e. The number of aromatic nitrogens is 1. The van der Waals surface area contributed by atoms with Gasteiger partial charge in [-0.05, 0) is 96.3 Å². The van der Waals surface area contributed by atoms with Crippen molar-refractivity contribution in [3.63, 3.8) is 0 Å². The molecule has 2 heterocycles. The fourth-order valence-electron chi connectivity index (χ4n) is 5.29. The van der Waals surface area contributed by atoms with E-state index < -0.39 is 29.5 Å². The van der Waals surface area contributed by atoms with E-state index in [4.69, 9.17) is 4.74 Å². The van der Waals surface area contributed by atoms with E-state index in [1.54, 1.807) is 34.6 Å². The molecule has 12 heteroatoms. The van der Waals surface area contributed by atoms with Crippen molar-refractivity contribution in [3.8, 4) is 0 Å². The summed E-state index contributed by atoms with van der Waals surface area (Å²) in [6, 6.07) is 2.44. The molecule has 2 aromatic rings. The Labute approximate surface area is 257 Å². The summed E-state index contributed by atoms with van der Waals surface area (Å²) < 4.78 is 20.5. The minimum atomic E-state index is -1.48. The Morgan fingerprint density at radius 2 is 1.77 bits per heavy atom. The fourth-order valence-corrected chi connectivity index (χ4v) is 5.29. The summed E-state index contributed by atoms with van der Waals surface area (Å²) in [4.78, 5) is 56.5. The number of unbranched alkanes of at least 4 members (excludes halogenated alkanes) is 1. The molecule has 11 nitrogen and oxygen atoms in total. The molecule has 0 radical (unpaired) electrons. The van der Waals surface area contributed by atoms with Gasteiger partial charge in [0, 0.05) is 36.6 Å². The van der Waals surface area contributed by atoms with Gasteiger partial charge in [0.15, 0.2) is 0 Å². The molecule has 1 aromatic heterocycles. The van der Waals surface area contributed by atoms with Crippen molar-refractivity contribution in [3.05, 3.63) is 51.6 Å². The summed E-state index contributed by atoms with van der Waals surface area (Å²) in [5, 5.41) is 15.5. The van der Waals surface area contributed by atoms with Gasteiger partial charge in [0.1, 0.15) is 11.4 Å². The number of ether oxygens (including phenoxy) is 1. The number of alkyl carbamates (subject to hydrolysis) is 1. The van der Waals surface area contributed by atoms with Crippen LogP contribution in [-0.4, -0.2) is 77.3 Å². The normalized spacial score (nSPS) is 13.9. The molecular formula is C32H44FN5O6. The third-order valence-corrected chi connectivity index (χ3v) is 7.49. The number of carbonyl (C=O) groups excluding carboxylic acids is 3. The van der Waals surface area contributed by atoms with Crippen LogP contribution in [-0.2, 0) is 16.0 Å². The lowest BCUT2D eigenvalue weighted by Crippen LogP contribution is -2.35. The molecule has 1 aliphatic rings. The van der Waals surface area contributed by atoms with Gasteiger partial charge < -0.3 is 30.4 Å². The first-order valence-corrected chi connectivity index (χ1v) is 15.0. The average molecular weight is 614 g/mol. The standard InChI is InChI=1S/C32H44FN5O6/c1-8-37(9-2)17-16-34-28(39)26-19(3)24(36-20(26)4)18-22-27-21(12-10-11-15-35-30(41)44-32(5,6)7)23(33)13-14-25(27)38(29(22)40)31(42)43/h13-14,18,36H,8-12,15-17H2,1-7H3,(H,34,39)(H,35,41)(H,42,43)/b22-18-. The van der Waals surface area contributed by atoms with Crippen LogP contribution in [0.15, 0.2) is 12.1 Å². The largest absolute Gasteiger partial charge is 0.464 e. The monoisotopic (exact) mass is 613 g/mol. The molecule has 1 aromatic carbocycles. The van der Waals surface area contributed by atoms with Gasteiger partial charge in [-0.2, -0.15) is 0 Å². The number of aryl methyl sites for hydroxylation is 1. The van der Waals surface area contributed by atoms with Crippen molar-refractivity contribution >= 4 is 41.3 Å². The van der Waals surface area contributed by atoms with E-state index in [1.807, 2.05) is 0 Å². The number of carboxylic acid groups (broad SMARTS) is 1. The van der Waals surface area contributed by atoms with Gasteiger partial charge in [0.25, 0.3) is 11.8 Å². The number of anilines is 1. The number of benzene rings is 1. The Balaban J connectivity index is 1.88. The van der Waals surface area contributed by atoms with Gasteiger partial charge in [0.05, 0.1) is 16.8 Å². The first-order valence-electron chi connectivity index (χ1n) is 15.0. The molecule has 240 valence electrons. The van der Waals surface area contributed by atoms with Crippen molar-refractivity contribution in [2.45, 2.75) is 73.3 Å². The van der Waals surface area contributed by atoms with Gasteiger partial charge in [0.2, 0.25) is 0 Å². The van der Waals surface area contributed by atoms with Crippen LogP contribution in [0.2, 0.25) is 0 Å². The second-order valence-corrected chi connectivity index (χ2v) is 11.7. The first-order chi connectivity index (χ1) is 20.7. The maximum atomic E-state index is 15.3. The van der Waals surface area contributed by atoms with Crippen molar-refractivity contribution in [2.75, 3.05) is 37.6 Å². The molecule has 4 N–H and O–H groups in total. The Hall–Kier alpha value is -4.19. The van der Waals surface area contributed by atoms with Crippen LogP contribution in [0.5, 0.6) is 0 Å². The zero-order valence-corrected chi connectivity index (χ0v) is 26.6. The highest BCUT2D eigenvalue weighted by Gasteiger charge is 2.39. The fraction of sp³-hybridized carbons (Fsp3) is 0.500. The maximum absolute atomic E-state index is 15.3. The zero-order valence-electron chi connectivity index (χ0n) is 26.6. The number of hydrogen-bond donors (Lipinski definition) is 4. The van der Waals surface area contributed by atoms with Crippen LogP contribution in [0.3, 0.4) is 0 Å². The van der Waals surface area contributed by atoms with E-state index in [1.165, 1.54) is 12.1 Å². The molecule has 0 unspecified atom stereocenters. The Morgan fingerprint density at radius 1 is 1.09 bits per heavy atom. The van der Waals surface area contributed by atoms with Crippen LogP contribution in [0, 0.1) is 19.7 Å². The molecule has 0 saturated heterocycles. The number of imide groups is 1. The SMILES string of the molecule is CCN(CC)CCNC(=O)c1c(C)[nH]c(/C=C2\C(=O)N(C(=O)O)c3ccc(F)c(CCCCNC(=O)OC(C)(C)C)c32)c1C. The second kappa shape index (κ2) is 14.5. The van der Waals surface area contributed by atoms with E-state index in [9.17, 15) is 24.3 Å². The molecule has 0 atom stereocenters. The van der Waals surface area contributed by atoms with Crippen LogP contribution >= 0.6 is 0 Å². The number of fused-ring (bicyclic) bond motifs is 1. The highest BCUT2D eigenvalue weighted by atomic mass is 19.1. The summed E-state index contributed by atoms with van der Waals surface area (Å²) in [7, 11) is 0. The number of carbonyl (C=O) groups is 4. The Kier molecular flexibility index (Phi) is 11.3. The quantitative estimate of drug-likeness (QED) is 0.189. The van der Waals surface area contributed by atoms with Crippen LogP contribution in [0.25, 0.3) is 11.6 Å². The summed E-state index contributed by atoms with van der Waals surface area (Å²) in [6.45, 7) is 16.1. The second-order valence-electron chi connectivity index (χ2n) is 11.7. The summed E-state index contributed by atoms with van der Waals surface area (Å²) >= 11 is 0. The number of H-pyrrole nitrogens is 1. The molecule has 44 heavy (non-hydrogen) atoms. The topological polar surface area (TPSA) is 144 Å². The molecular weight excluding hydrogens is 569 g/mol. The number of aromatic amines is 1. The lowest BCUT2D eigenvalue weighted by molar-refractivity contribution is -0.112. The Morgan fingerprint density at radius 3 is 2.39 bits per heavy atom. The molecule has 0 bridgehead atoms. The lowest BCUT2D eigenvalue weighted by atomic mass is 9.95. The third kappa shape index (κ3) is 8.04. The number of hydrogen-bond acceptors (Lipinski definition) is 6. The van der Waals surface area contributed by atoms with Gasteiger partial charge in [-0.15, -0.1) is 0 Å². The zero-order chi connectivity index (χ0) is 32.8. The summed E-state index contributed by atoms with van der Waals surface area (Å²) in [6.07, 6.45) is 0.616. The number of halogens is 1. The molecule has 0 spiro atoms. The minimum absolute atomic E-state index is 0.0154. The molecule has 1 aliphatic heterocycles. The molecule has 0 aliphatic carbocycles. The number of rotatable bonds is 12. The minimum Gasteiger partial charge on any atom is -0.464 e. The van der Waals surface area contributed by atoms with Crippen molar-refractivity contribution < 1.29 is 33.4 Å². The van der Waals surface area contributed by atoms with Crippen molar-refractivity contribution in [1.82, 2.24) is 20.5 Å². The van der Waals surface area contributed by atoms with Crippen LogP contribution in [0.4, 0.5) is 19.7 Å². The molecule has 0 saturated carbocycles. The predicted molar refractivity (Wildman–Crippen MR) is 167 cm³/mol. The number of nitrogens with zero attached hydrogens (tertiary/aromatic N) is 2. The average Bonchev–Trinajstić information content (AvgIpc) is 3.38. The van der Waals surface area contributed by atoms with E-state index >= 15 is 4.39 Å². The number of amides is 4. The van der Waals surface area contributed by atoms with E-state index in [2.05, 4.69) is 34.4 Å².